The Hall–Kier alpha value is -0.0800. The molecule has 2 rings (SSSR count). The van der Waals surface area contributed by atoms with Crippen LogP contribution in [0.3, 0.4) is 0 Å². The second-order valence-electron chi connectivity index (χ2n) is 7.09. The molecule has 1 saturated carbocycles. The maximum atomic E-state index is 5.63. The van der Waals surface area contributed by atoms with E-state index in [9.17, 15) is 0 Å². The quantitative estimate of drug-likeness (QED) is 0.805. The van der Waals surface area contributed by atoms with Crippen molar-refractivity contribution in [3.63, 3.8) is 0 Å². The monoisotopic (exact) mass is 253 g/mol. The van der Waals surface area contributed by atoms with Crippen LogP contribution in [0, 0.1) is 11.3 Å². The van der Waals surface area contributed by atoms with Gasteiger partial charge in [0.1, 0.15) is 0 Å². The van der Waals surface area contributed by atoms with Crippen molar-refractivity contribution in [1.82, 2.24) is 5.32 Å². The number of hydrogen-bond donors (Lipinski definition) is 1. The molecule has 18 heavy (non-hydrogen) atoms. The van der Waals surface area contributed by atoms with Gasteiger partial charge in [0.05, 0.1) is 6.10 Å². The van der Waals surface area contributed by atoms with Crippen molar-refractivity contribution < 1.29 is 4.74 Å². The fourth-order valence-corrected chi connectivity index (χ4v) is 3.99. The first-order valence-electron chi connectivity index (χ1n) is 7.95. The van der Waals surface area contributed by atoms with Crippen molar-refractivity contribution in [2.24, 2.45) is 11.3 Å². The van der Waals surface area contributed by atoms with E-state index in [2.05, 4.69) is 26.1 Å². The van der Waals surface area contributed by atoms with Crippen LogP contribution in [0.25, 0.3) is 0 Å². The molecule has 0 aromatic carbocycles. The van der Waals surface area contributed by atoms with Crippen LogP contribution in [0.2, 0.25) is 0 Å². The number of nitrogens with one attached hydrogen (secondary N) is 1. The summed E-state index contributed by atoms with van der Waals surface area (Å²) >= 11 is 0. The van der Waals surface area contributed by atoms with Gasteiger partial charge in [-0.15, -0.1) is 0 Å². The van der Waals surface area contributed by atoms with Gasteiger partial charge >= 0.3 is 0 Å². The lowest BCUT2D eigenvalue weighted by Crippen LogP contribution is -2.43. The minimum Gasteiger partial charge on any atom is -0.378 e. The Morgan fingerprint density at radius 3 is 2.61 bits per heavy atom. The molecular formula is C16H31NO. The Labute approximate surface area is 113 Å². The Kier molecular flexibility index (Phi) is 5.08. The second-order valence-corrected chi connectivity index (χ2v) is 7.09. The topological polar surface area (TPSA) is 21.3 Å². The second kappa shape index (κ2) is 6.38. The van der Waals surface area contributed by atoms with E-state index in [0.717, 1.165) is 12.5 Å². The van der Waals surface area contributed by atoms with E-state index in [-0.39, 0.29) is 0 Å². The molecule has 0 amide bonds. The van der Waals surface area contributed by atoms with Crippen LogP contribution < -0.4 is 5.32 Å². The van der Waals surface area contributed by atoms with Gasteiger partial charge in [-0.2, -0.15) is 0 Å². The molecule has 106 valence electrons. The zero-order chi connectivity index (χ0) is 13.0. The number of rotatable bonds is 5. The number of ether oxygens (including phenoxy) is 1. The summed E-state index contributed by atoms with van der Waals surface area (Å²) in [6, 6.07) is 0.693. The molecule has 2 atom stereocenters. The van der Waals surface area contributed by atoms with E-state index in [1.807, 2.05) is 0 Å². The molecule has 2 nitrogen and oxygen atoms in total. The maximum absolute atomic E-state index is 5.63. The van der Waals surface area contributed by atoms with Crippen molar-refractivity contribution >= 4 is 0 Å². The first kappa shape index (κ1) is 14.3. The molecule has 2 unspecified atom stereocenters. The summed E-state index contributed by atoms with van der Waals surface area (Å²) in [5.74, 6) is 0.832. The van der Waals surface area contributed by atoms with Crippen LogP contribution in [0.1, 0.15) is 65.7 Å². The molecule has 0 spiro atoms. The van der Waals surface area contributed by atoms with E-state index in [1.165, 1.54) is 51.5 Å². The molecule has 1 heterocycles. The van der Waals surface area contributed by atoms with Gasteiger partial charge in [0.15, 0.2) is 0 Å². The van der Waals surface area contributed by atoms with Crippen LogP contribution in [-0.4, -0.2) is 25.3 Å². The van der Waals surface area contributed by atoms with Gasteiger partial charge in [-0.1, -0.05) is 26.7 Å². The fraction of sp³-hybridized carbons (Fsp3) is 1.00. The minimum absolute atomic E-state index is 0.445. The fourth-order valence-electron chi connectivity index (χ4n) is 3.99. The third-order valence-electron chi connectivity index (χ3n) is 4.76. The van der Waals surface area contributed by atoms with Gasteiger partial charge in [0, 0.05) is 19.2 Å². The predicted molar refractivity (Wildman–Crippen MR) is 76.8 cm³/mol. The highest BCUT2D eigenvalue weighted by atomic mass is 16.5. The predicted octanol–water partition coefficient (Wildman–Crippen LogP) is 3.75. The summed E-state index contributed by atoms with van der Waals surface area (Å²) in [7, 11) is 0. The van der Waals surface area contributed by atoms with Crippen molar-refractivity contribution in [2.75, 3.05) is 13.2 Å². The van der Waals surface area contributed by atoms with Gasteiger partial charge in [0.2, 0.25) is 0 Å². The SMILES string of the molecule is CC(C)CC1(CNC2CCOC(C)C2)CCCC1. The zero-order valence-corrected chi connectivity index (χ0v) is 12.5. The van der Waals surface area contributed by atoms with Crippen LogP contribution in [0.5, 0.6) is 0 Å². The first-order valence-corrected chi connectivity index (χ1v) is 7.95. The summed E-state index contributed by atoms with van der Waals surface area (Å²) in [6.07, 6.45) is 10.0. The van der Waals surface area contributed by atoms with Crippen LogP contribution in [0.15, 0.2) is 0 Å². The Morgan fingerprint density at radius 2 is 2.00 bits per heavy atom. The molecule has 1 aliphatic heterocycles. The van der Waals surface area contributed by atoms with Crippen molar-refractivity contribution in [2.45, 2.75) is 77.9 Å². The highest BCUT2D eigenvalue weighted by molar-refractivity contribution is 4.89. The molecule has 0 radical (unpaired) electrons. The largest absolute Gasteiger partial charge is 0.378 e. The molecule has 0 aromatic heterocycles. The van der Waals surface area contributed by atoms with Gasteiger partial charge in [0.25, 0.3) is 0 Å². The summed E-state index contributed by atoms with van der Waals surface area (Å²) in [6.45, 7) is 9.12. The molecule has 1 aliphatic carbocycles. The maximum Gasteiger partial charge on any atom is 0.0561 e. The van der Waals surface area contributed by atoms with Crippen LogP contribution in [-0.2, 0) is 4.74 Å². The van der Waals surface area contributed by atoms with Crippen molar-refractivity contribution in [1.29, 1.82) is 0 Å². The average Bonchev–Trinajstić information content (AvgIpc) is 2.75. The summed E-state index contributed by atoms with van der Waals surface area (Å²) in [5.41, 5.74) is 0.607. The molecular weight excluding hydrogens is 222 g/mol. The van der Waals surface area contributed by atoms with E-state index < -0.39 is 0 Å². The van der Waals surface area contributed by atoms with Crippen molar-refractivity contribution in [3.8, 4) is 0 Å². The highest BCUT2D eigenvalue weighted by Crippen LogP contribution is 2.42. The molecule has 0 aromatic rings. The van der Waals surface area contributed by atoms with Gasteiger partial charge in [-0.3, -0.25) is 0 Å². The van der Waals surface area contributed by atoms with E-state index in [0.29, 0.717) is 17.6 Å². The highest BCUT2D eigenvalue weighted by Gasteiger charge is 2.34. The lowest BCUT2D eigenvalue weighted by Gasteiger charge is -2.35. The minimum atomic E-state index is 0.445. The van der Waals surface area contributed by atoms with Crippen molar-refractivity contribution in [3.05, 3.63) is 0 Å². The third kappa shape index (κ3) is 3.96. The van der Waals surface area contributed by atoms with Gasteiger partial charge in [-0.05, 0) is 50.4 Å². The smallest absolute Gasteiger partial charge is 0.0561 e. The number of hydrogen-bond acceptors (Lipinski definition) is 2. The van der Waals surface area contributed by atoms with E-state index in [4.69, 9.17) is 4.74 Å². The summed E-state index contributed by atoms with van der Waals surface area (Å²) in [4.78, 5) is 0. The molecule has 0 bridgehead atoms. The molecule has 2 heteroatoms. The Morgan fingerprint density at radius 1 is 1.28 bits per heavy atom. The lowest BCUT2D eigenvalue weighted by molar-refractivity contribution is 0.0107. The zero-order valence-electron chi connectivity index (χ0n) is 12.5. The Bertz CT molecular complexity index is 245. The molecule has 1 saturated heterocycles. The van der Waals surface area contributed by atoms with E-state index in [1.54, 1.807) is 0 Å². The standard InChI is InChI=1S/C16H31NO/c1-13(2)11-16(7-4-5-8-16)12-17-15-6-9-18-14(3)10-15/h13-15,17H,4-12H2,1-3H3. The van der Waals surface area contributed by atoms with Crippen LogP contribution >= 0.6 is 0 Å². The summed E-state index contributed by atoms with van der Waals surface area (Å²) in [5, 5.41) is 3.86. The lowest BCUT2D eigenvalue weighted by atomic mass is 9.78. The first-order chi connectivity index (χ1) is 8.60. The third-order valence-corrected chi connectivity index (χ3v) is 4.76. The normalized spacial score (nSPS) is 32.0. The van der Waals surface area contributed by atoms with Crippen LogP contribution in [0.4, 0.5) is 0 Å². The molecule has 1 N–H and O–H groups in total. The van der Waals surface area contributed by atoms with Gasteiger partial charge < -0.3 is 10.1 Å². The van der Waals surface area contributed by atoms with E-state index >= 15 is 0 Å². The summed E-state index contributed by atoms with van der Waals surface area (Å²) < 4.78 is 5.63. The average molecular weight is 253 g/mol. The molecule has 2 fully saturated rings. The molecule has 2 aliphatic rings. The van der Waals surface area contributed by atoms with Gasteiger partial charge in [-0.25, -0.2) is 0 Å². The Balaban J connectivity index is 1.82.